The first-order chi connectivity index (χ1) is 10.5. The predicted molar refractivity (Wildman–Crippen MR) is 104 cm³/mol. The van der Waals surface area contributed by atoms with Crippen LogP contribution in [0.15, 0.2) is 29.3 Å². The third kappa shape index (κ3) is 7.49. The second kappa shape index (κ2) is 9.43. The summed E-state index contributed by atoms with van der Waals surface area (Å²) in [5.41, 5.74) is 1.80. The van der Waals surface area contributed by atoms with E-state index in [1.165, 1.54) is 19.9 Å². The van der Waals surface area contributed by atoms with Crippen LogP contribution in [0.3, 0.4) is 0 Å². The number of halogens is 1. The van der Waals surface area contributed by atoms with Crippen molar-refractivity contribution in [2.45, 2.75) is 25.1 Å². The van der Waals surface area contributed by atoms with Gasteiger partial charge in [-0.05, 0) is 36.9 Å². The third-order valence-corrected chi connectivity index (χ3v) is 4.93. The summed E-state index contributed by atoms with van der Waals surface area (Å²) >= 11 is 0. The molecule has 0 unspecified atom stereocenters. The van der Waals surface area contributed by atoms with Crippen molar-refractivity contribution in [3.05, 3.63) is 35.4 Å². The number of aliphatic imine (C=N–C) groups is 1. The van der Waals surface area contributed by atoms with Gasteiger partial charge < -0.3 is 10.6 Å². The number of guanidine groups is 1. The molecule has 0 amide bonds. The average Bonchev–Trinajstić information content (AvgIpc) is 3.32. The molecule has 130 valence electrons. The lowest BCUT2D eigenvalue weighted by Crippen LogP contribution is -2.37. The van der Waals surface area contributed by atoms with Gasteiger partial charge in [-0.15, -0.1) is 24.0 Å². The van der Waals surface area contributed by atoms with Gasteiger partial charge in [0.1, 0.15) is 0 Å². The van der Waals surface area contributed by atoms with Gasteiger partial charge in [-0.3, -0.25) is 4.99 Å². The second-order valence-corrected chi connectivity index (χ2v) is 7.46. The maximum atomic E-state index is 11.6. The molecule has 8 heteroatoms. The molecule has 1 aliphatic carbocycles. The van der Waals surface area contributed by atoms with Crippen molar-refractivity contribution in [3.63, 3.8) is 0 Å². The van der Waals surface area contributed by atoms with Crippen LogP contribution in [0.5, 0.6) is 0 Å². The maximum absolute atomic E-state index is 11.6. The fourth-order valence-electron chi connectivity index (χ4n) is 2.09. The standard InChI is InChI=1S/C15H24N4O2S.HI/c1-16-15(18-9-12-6-7-12)19-10-13-4-3-5-14(8-13)11-22(20,21)17-2;/h3-5,8,12,17H,6-7,9-11H2,1-2H3,(H2,16,18,19);1H. The van der Waals surface area contributed by atoms with Crippen molar-refractivity contribution in [1.82, 2.24) is 15.4 Å². The molecule has 0 aliphatic heterocycles. The van der Waals surface area contributed by atoms with E-state index in [2.05, 4.69) is 20.3 Å². The number of nitrogens with zero attached hydrogens (tertiary/aromatic N) is 1. The highest BCUT2D eigenvalue weighted by Gasteiger charge is 2.21. The van der Waals surface area contributed by atoms with E-state index in [1.807, 2.05) is 24.3 Å². The minimum atomic E-state index is -3.24. The minimum Gasteiger partial charge on any atom is -0.356 e. The molecule has 0 radical (unpaired) electrons. The van der Waals surface area contributed by atoms with Gasteiger partial charge in [0.15, 0.2) is 5.96 Å². The Kier molecular flexibility index (Phi) is 8.27. The van der Waals surface area contributed by atoms with Gasteiger partial charge >= 0.3 is 0 Å². The van der Waals surface area contributed by atoms with E-state index in [0.717, 1.165) is 29.5 Å². The molecule has 0 atom stereocenters. The molecule has 0 heterocycles. The molecule has 1 aromatic carbocycles. The number of hydrogen-bond donors (Lipinski definition) is 3. The van der Waals surface area contributed by atoms with Crippen molar-refractivity contribution in [2.75, 3.05) is 20.6 Å². The molecule has 23 heavy (non-hydrogen) atoms. The monoisotopic (exact) mass is 452 g/mol. The summed E-state index contributed by atoms with van der Waals surface area (Å²) < 4.78 is 25.5. The maximum Gasteiger partial charge on any atom is 0.215 e. The van der Waals surface area contributed by atoms with Crippen LogP contribution in [-0.4, -0.2) is 35.0 Å². The van der Waals surface area contributed by atoms with E-state index in [0.29, 0.717) is 6.54 Å². The zero-order valence-electron chi connectivity index (χ0n) is 13.5. The first kappa shape index (κ1) is 20.2. The molecule has 0 aromatic heterocycles. The normalized spacial score (nSPS) is 15.0. The van der Waals surface area contributed by atoms with E-state index >= 15 is 0 Å². The Morgan fingerprint density at radius 3 is 2.57 bits per heavy atom. The quantitative estimate of drug-likeness (QED) is 0.332. The molecule has 6 nitrogen and oxygen atoms in total. The Morgan fingerprint density at radius 1 is 1.26 bits per heavy atom. The molecule has 1 saturated carbocycles. The third-order valence-electron chi connectivity index (χ3n) is 3.60. The molecule has 1 aromatic rings. The zero-order chi connectivity index (χ0) is 16.0. The Morgan fingerprint density at radius 2 is 1.96 bits per heavy atom. The number of hydrogen-bond acceptors (Lipinski definition) is 3. The van der Waals surface area contributed by atoms with Gasteiger partial charge in [-0.1, -0.05) is 24.3 Å². The van der Waals surface area contributed by atoms with E-state index in [9.17, 15) is 8.42 Å². The van der Waals surface area contributed by atoms with E-state index in [1.54, 1.807) is 7.05 Å². The summed E-state index contributed by atoms with van der Waals surface area (Å²) in [4.78, 5) is 4.19. The topological polar surface area (TPSA) is 82.6 Å². The van der Waals surface area contributed by atoms with Crippen molar-refractivity contribution < 1.29 is 8.42 Å². The highest BCUT2D eigenvalue weighted by Crippen LogP contribution is 2.27. The largest absolute Gasteiger partial charge is 0.356 e. The predicted octanol–water partition coefficient (Wildman–Crippen LogP) is 1.43. The fourth-order valence-corrected chi connectivity index (χ4v) is 2.85. The van der Waals surface area contributed by atoms with Crippen LogP contribution >= 0.6 is 24.0 Å². The van der Waals surface area contributed by atoms with Crippen molar-refractivity contribution in [3.8, 4) is 0 Å². The summed E-state index contributed by atoms with van der Waals surface area (Å²) in [6.07, 6.45) is 2.60. The van der Waals surface area contributed by atoms with E-state index in [4.69, 9.17) is 0 Å². The summed E-state index contributed by atoms with van der Waals surface area (Å²) in [5, 5.41) is 6.54. The van der Waals surface area contributed by atoms with Crippen LogP contribution in [0, 0.1) is 5.92 Å². The molecule has 0 saturated heterocycles. The van der Waals surface area contributed by atoms with Gasteiger partial charge in [-0.2, -0.15) is 0 Å². The van der Waals surface area contributed by atoms with Gasteiger partial charge in [0, 0.05) is 20.1 Å². The van der Waals surface area contributed by atoms with Gasteiger partial charge in [0.2, 0.25) is 10.0 Å². The number of sulfonamides is 1. The van der Waals surface area contributed by atoms with E-state index in [-0.39, 0.29) is 29.7 Å². The highest BCUT2D eigenvalue weighted by atomic mass is 127. The minimum absolute atomic E-state index is 0. The van der Waals surface area contributed by atoms with Gasteiger partial charge in [0.05, 0.1) is 5.75 Å². The van der Waals surface area contributed by atoms with Crippen LogP contribution in [0.4, 0.5) is 0 Å². The lowest BCUT2D eigenvalue weighted by molar-refractivity contribution is 0.587. The van der Waals surface area contributed by atoms with Crippen LogP contribution in [0.2, 0.25) is 0 Å². The SMILES string of the molecule is CN=C(NCc1cccc(CS(=O)(=O)NC)c1)NCC1CC1.I. The van der Waals surface area contributed by atoms with Crippen LogP contribution in [-0.2, 0) is 22.3 Å². The highest BCUT2D eigenvalue weighted by molar-refractivity contribution is 14.0. The number of benzene rings is 1. The lowest BCUT2D eigenvalue weighted by Gasteiger charge is -2.12. The molecule has 3 N–H and O–H groups in total. The van der Waals surface area contributed by atoms with Crippen molar-refractivity contribution >= 4 is 40.0 Å². The van der Waals surface area contributed by atoms with Gasteiger partial charge in [-0.25, -0.2) is 13.1 Å². The van der Waals surface area contributed by atoms with Crippen molar-refractivity contribution in [1.29, 1.82) is 0 Å². The van der Waals surface area contributed by atoms with Crippen LogP contribution in [0.25, 0.3) is 0 Å². The first-order valence-electron chi connectivity index (χ1n) is 7.46. The number of nitrogens with one attached hydrogen (secondary N) is 3. The molecule has 2 rings (SSSR count). The smallest absolute Gasteiger partial charge is 0.215 e. The van der Waals surface area contributed by atoms with Crippen LogP contribution in [0.1, 0.15) is 24.0 Å². The average molecular weight is 452 g/mol. The Hall–Kier alpha value is -0.870. The Balaban J connectivity index is 0.00000264. The molecule has 0 spiro atoms. The van der Waals surface area contributed by atoms with Gasteiger partial charge in [0.25, 0.3) is 0 Å². The lowest BCUT2D eigenvalue weighted by atomic mass is 10.1. The molecular weight excluding hydrogens is 427 g/mol. The molecule has 1 fully saturated rings. The zero-order valence-corrected chi connectivity index (χ0v) is 16.6. The summed E-state index contributed by atoms with van der Waals surface area (Å²) in [6, 6.07) is 7.56. The fraction of sp³-hybridized carbons (Fsp3) is 0.533. The van der Waals surface area contributed by atoms with Crippen molar-refractivity contribution in [2.24, 2.45) is 10.9 Å². The Bertz CT molecular complexity index is 630. The number of rotatable bonds is 7. The summed E-state index contributed by atoms with van der Waals surface area (Å²) in [7, 11) is -0.0679. The second-order valence-electron chi connectivity index (χ2n) is 5.53. The van der Waals surface area contributed by atoms with Crippen LogP contribution < -0.4 is 15.4 Å². The molecular formula is C15H25IN4O2S. The molecule has 1 aliphatic rings. The van der Waals surface area contributed by atoms with E-state index < -0.39 is 10.0 Å². The summed E-state index contributed by atoms with van der Waals surface area (Å²) in [5.74, 6) is 1.56. The summed E-state index contributed by atoms with van der Waals surface area (Å²) in [6.45, 7) is 1.57. The first-order valence-corrected chi connectivity index (χ1v) is 9.11. The Labute approximate surface area is 155 Å². The molecule has 0 bridgehead atoms.